The van der Waals surface area contributed by atoms with Gasteiger partial charge in [0.2, 0.25) is 5.91 Å². The molecule has 7 heteroatoms. The van der Waals surface area contributed by atoms with E-state index in [1.54, 1.807) is 18.4 Å². The summed E-state index contributed by atoms with van der Waals surface area (Å²) in [7, 11) is 3.93. The van der Waals surface area contributed by atoms with Crippen LogP contribution in [0.4, 0.5) is 0 Å². The molecule has 0 bridgehead atoms. The molecule has 1 unspecified atom stereocenters. The second kappa shape index (κ2) is 11.6. The maximum Gasteiger partial charge on any atom is 0.228 e. The van der Waals surface area contributed by atoms with Crippen LogP contribution in [0.15, 0.2) is 54.2 Å². The number of likely N-dealkylation sites (N-methyl/N-ethyl adjacent to an activating group) is 1. The molecule has 6 nitrogen and oxygen atoms in total. The normalized spacial score (nSPS) is 15.5. The predicted octanol–water partition coefficient (Wildman–Crippen LogP) is 4.38. The van der Waals surface area contributed by atoms with Crippen LogP contribution in [0.2, 0.25) is 0 Å². The van der Waals surface area contributed by atoms with Crippen LogP contribution >= 0.6 is 11.3 Å². The minimum Gasteiger partial charge on any atom is -0.497 e. The van der Waals surface area contributed by atoms with Crippen LogP contribution in [0.25, 0.3) is 0 Å². The first-order chi connectivity index (χ1) is 16.5. The predicted molar refractivity (Wildman–Crippen MR) is 136 cm³/mol. The monoisotopic (exact) mass is 478 g/mol. The molecule has 3 heterocycles. The van der Waals surface area contributed by atoms with Gasteiger partial charge in [0, 0.05) is 43.4 Å². The third-order valence-electron chi connectivity index (χ3n) is 6.76. The number of pyridine rings is 1. The summed E-state index contributed by atoms with van der Waals surface area (Å²) in [6.07, 6.45) is 7.09. The number of piperidine rings is 1. The van der Waals surface area contributed by atoms with Gasteiger partial charge in [-0.1, -0.05) is 12.1 Å². The van der Waals surface area contributed by atoms with E-state index in [4.69, 9.17) is 4.74 Å². The fraction of sp³-hybridized carbons (Fsp3) is 0.444. The van der Waals surface area contributed by atoms with Crippen molar-refractivity contribution in [1.29, 1.82) is 0 Å². The summed E-state index contributed by atoms with van der Waals surface area (Å²) in [6.45, 7) is 4.48. The van der Waals surface area contributed by atoms with Crippen LogP contribution < -0.4 is 4.74 Å². The Hall–Kier alpha value is -2.77. The molecule has 3 aromatic rings. The van der Waals surface area contributed by atoms with Crippen LogP contribution in [-0.2, 0) is 24.2 Å². The van der Waals surface area contributed by atoms with Crippen LogP contribution in [0, 0.1) is 12.8 Å². The van der Waals surface area contributed by atoms with Crippen molar-refractivity contribution in [3.63, 3.8) is 0 Å². The van der Waals surface area contributed by atoms with Gasteiger partial charge in [0.25, 0.3) is 0 Å². The van der Waals surface area contributed by atoms with Crippen LogP contribution in [0.3, 0.4) is 0 Å². The number of aryl methyl sites for hydroxylation is 1. The topological polar surface area (TPSA) is 58.6 Å². The highest BCUT2D eigenvalue weighted by Crippen LogP contribution is 2.28. The van der Waals surface area contributed by atoms with E-state index in [1.807, 2.05) is 35.7 Å². The van der Waals surface area contributed by atoms with Crippen LogP contribution in [0.1, 0.15) is 34.7 Å². The molecule has 2 aromatic heterocycles. The molecule has 0 saturated carbocycles. The average molecular weight is 479 g/mol. The van der Waals surface area contributed by atoms with Gasteiger partial charge in [-0.25, -0.2) is 4.98 Å². The molecule has 1 aliphatic heterocycles. The zero-order chi connectivity index (χ0) is 23.9. The second-order valence-electron chi connectivity index (χ2n) is 9.15. The van der Waals surface area contributed by atoms with E-state index in [0.29, 0.717) is 18.4 Å². The summed E-state index contributed by atoms with van der Waals surface area (Å²) >= 11 is 1.60. The molecule has 1 atom stereocenters. The van der Waals surface area contributed by atoms with E-state index in [9.17, 15) is 4.79 Å². The van der Waals surface area contributed by atoms with Gasteiger partial charge in [-0.15, -0.1) is 11.3 Å². The molecule has 0 N–H and O–H groups in total. The number of rotatable bonds is 9. The van der Waals surface area contributed by atoms with E-state index in [2.05, 4.69) is 52.2 Å². The first kappa shape index (κ1) is 24.4. The summed E-state index contributed by atoms with van der Waals surface area (Å²) in [5.74, 6) is 1.60. The fourth-order valence-corrected chi connectivity index (χ4v) is 5.52. The number of nitrogens with zero attached hydrogens (tertiary/aromatic N) is 4. The van der Waals surface area contributed by atoms with Crippen molar-refractivity contribution in [2.75, 3.05) is 27.2 Å². The molecule has 1 aliphatic rings. The molecule has 1 aromatic carbocycles. The van der Waals surface area contributed by atoms with E-state index < -0.39 is 0 Å². The van der Waals surface area contributed by atoms with E-state index >= 15 is 0 Å². The van der Waals surface area contributed by atoms with E-state index in [-0.39, 0.29) is 5.91 Å². The molecule has 0 radical (unpaired) electrons. The molecule has 4 rings (SSSR count). The first-order valence-corrected chi connectivity index (χ1v) is 12.8. The lowest BCUT2D eigenvalue weighted by Gasteiger charge is -2.40. The lowest BCUT2D eigenvalue weighted by atomic mass is 9.84. The minimum atomic E-state index is 0.193. The lowest BCUT2D eigenvalue weighted by Crippen LogP contribution is -2.46. The zero-order valence-corrected chi connectivity index (χ0v) is 21.1. The maximum absolute atomic E-state index is 12.9. The number of thiazole rings is 1. The smallest absolute Gasteiger partial charge is 0.228 e. The summed E-state index contributed by atoms with van der Waals surface area (Å²) < 4.78 is 5.46. The van der Waals surface area contributed by atoms with Crippen molar-refractivity contribution in [1.82, 2.24) is 19.8 Å². The molecule has 1 saturated heterocycles. The van der Waals surface area contributed by atoms with E-state index in [0.717, 1.165) is 55.3 Å². The van der Waals surface area contributed by atoms with Crippen molar-refractivity contribution >= 4 is 17.2 Å². The number of methoxy groups -OCH3 is 1. The molecule has 34 heavy (non-hydrogen) atoms. The maximum atomic E-state index is 12.9. The van der Waals surface area contributed by atoms with Crippen LogP contribution in [0.5, 0.6) is 5.75 Å². The highest BCUT2D eigenvalue weighted by Gasteiger charge is 2.31. The number of amides is 1. The molecular formula is C27H34N4O2S. The summed E-state index contributed by atoms with van der Waals surface area (Å²) in [5.41, 5.74) is 3.44. The first-order valence-electron chi connectivity index (χ1n) is 11.9. The molecule has 0 aliphatic carbocycles. The molecular weight excluding hydrogens is 444 g/mol. The minimum absolute atomic E-state index is 0.193. The van der Waals surface area contributed by atoms with Crippen molar-refractivity contribution in [2.45, 2.75) is 45.2 Å². The number of carbonyl (C=O) groups is 1. The van der Waals surface area contributed by atoms with Gasteiger partial charge in [-0.05, 0) is 74.5 Å². The molecule has 1 fully saturated rings. The quantitative estimate of drug-likeness (QED) is 0.457. The van der Waals surface area contributed by atoms with Gasteiger partial charge in [-0.2, -0.15) is 0 Å². The number of likely N-dealkylation sites (tertiary alicyclic amines) is 1. The van der Waals surface area contributed by atoms with E-state index in [1.165, 1.54) is 11.1 Å². The Kier molecular flexibility index (Phi) is 8.29. The number of carbonyl (C=O) groups excluding carboxylic acids is 1. The van der Waals surface area contributed by atoms with Crippen molar-refractivity contribution in [3.05, 3.63) is 76.0 Å². The standard InChI is InChI=1S/C27H34N4O2S/c1-20-29-24(19-34-20)17-27(32)31-13-9-23(10-14-31)26(16-22-5-4-6-25(15-22)33-3)30(2)18-21-7-11-28-12-8-21/h4-8,11-12,15,19,23,26H,9-10,13-14,16-18H2,1-3H3. The highest BCUT2D eigenvalue weighted by molar-refractivity contribution is 7.09. The number of hydrogen-bond donors (Lipinski definition) is 0. The number of aromatic nitrogens is 2. The molecule has 1 amide bonds. The largest absolute Gasteiger partial charge is 0.497 e. The lowest BCUT2D eigenvalue weighted by molar-refractivity contribution is -0.132. The Labute approximate surface area is 206 Å². The average Bonchev–Trinajstić information content (AvgIpc) is 3.27. The Balaban J connectivity index is 1.43. The van der Waals surface area contributed by atoms with Crippen molar-refractivity contribution in [2.24, 2.45) is 5.92 Å². The molecule has 0 spiro atoms. The summed E-state index contributed by atoms with van der Waals surface area (Å²) in [6, 6.07) is 12.9. The highest BCUT2D eigenvalue weighted by atomic mass is 32.1. The number of ether oxygens (including phenoxy) is 1. The van der Waals surface area contributed by atoms with Gasteiger partial charge in [0.1, 0.15) is 5.75 Å². The third kappa shape index (κ3) is 6.42. The Morgan fingerprint density at radius 2 is 1.97 bits per heavy atom. The Morgan fingerprint density at radius 3 is 2.65 bits per heavy atom. The summed E-state index contributed by atoms with van der Waals surface area (Å²) in [4.78, 5) is 26.0. The SMILES string of the molecule is COc1cccc(CC(C2CCN(C(=O)Cc3csc(C)n3)CC2)N(C)Cc2ccncc2)c1. The third-order valence-corrected chi connectivity index (χ3v) is 7.58. The van der Waals surface area contributed by atoms with Gasteiger partial charge in [0.05, 0.1) is 24.2 Å². The Morgan fingerprint density at radius 1 is 1.21 bits per heavy atom. The second-order valence-corrected chi connectivity index (χ2v) is 10.2. The Bertz CT molecular complexity index is 1060. The van der Waals surface area contributed by atoms with Crippen molar-refractivity contribution in [3.8, 4) is 5.75 Å². The van der Waals surface area contributed by atoms with Gasteiger partial charge < -0.3 is 9.64 Å². The molecule has 180 valence electrons. The van der Waals surface area contributed by atoms with Gasteiger partial charge in [-0.3, -0.25) is 14.7 Å². The zero-order valence-electron chi connectivity index (χ0n) is 20.3. The summed E-state index contributed by atoms with van der Waals surface area (Å²) in [5, 5.41) is 3.01. The van der Waals surface area contributed by atoms with Crippen LogP contribution in [-0.4, -0.2) is 59.0 Å². The number of benzene rings is 1. The van der Waals surface area contributed by atoms with Gasteiger partial charge >= 0.3 is 0 Å². The number of hydrogen-bond acceptors (Lipinski definition) is 6. The van der Waals surface area contributed by atoms with Gasteiger partial charge in [0.15, 0.2) is 0 Å². The van der Waals surface area contributed by atoms with Crippen molar-refractivity contribution < 1.29 is 9.53 Å². The fourth-order valence-electron chi connectivity index (χ4n) is 4.91.